The molecule has 0 atom stereocenters. The first-order valence-electron chi connectivity index (χ1n) is 4.48. The minimum atomic E-state index is 0.339. The van der Waals surface area contributed by atoms with Crippen molar-refractivity contribution in [2.24, 2.45) is 0 Å². The maximum absolute atomic E-state index is 7.46. The zero-order valence-corrected chi connectivity index (χ0v) is 8.13. The molecule has 0 bridgehead atoms. The topological polar surface area (TPSA) is 33.1 Å². The van der Waals surface area contributed by atoms with E-state index in [1.165, 1.54) is 5.56 Å². The second-order valence-corrected chi connectivity index (χ2v) is 3.02. The normalized spacial score (nSPS) is 9.69. The van der Waals surface area contributed by atoms with Crippen molar-refractivity contribution in [3.63, 3.8) is 0 Å². The van der Waals surface area contributed by atoms with E-state index in [2.05, 4.69) is 19.1 Å². The summed E-state index contributed by atoms with van der Waals surface area (Å²) in [5.74, 6) is 0.339. The Morgan fingerprint density at radius 2 is 1.92 bits per heavy atom. The van der Waals surface area contributed by atoms with Gasteiger partial charge in [-0.3, -0.25) is 5.41 Å². The van der Waals surface area contributed by atoms with Gasteiger partial charge in [-0.1, -0.05) is 29.8 Å². The van der Waals surface area contributed by atoms with Crippen molar-refractivity contribution in [3.8, 4) is 0 Å². The molecule has 0 heterocycles. The first-order valence-corrected chi connectivity index (χ1v) is 4.48. The summed E-state index contributed by atoms with van der Waals surface area (Å²) in [5.41, 5.74) is 2.37. The average Bonchev–Trinajstić information content (AvgIpc) is 2.09. The molecule has 0 aromatic heterocycles. The third kappa shape index (κ3) is 3.28. The Balaban J connectivity index is 2.54. The van der Waals surface area contributed by atoms with Crippen LogP contribution in [0, 0.1) is 12.3 Å². The molecule has 70 valence electrons. The van der Waals surface area contributed by atoms with Gasteiger partial charge >= 0.3 is 0 Å². The molecule has 13 heavy (non-hydrogen) atoms. The van der Waals surface area contributed by atoms with Crippen LogP contribution in [0.1, 0.15) is 18.1 Å². The van der Waals surface area contributed by atoms with E-state index < -0.39 is 0 Å². The van der Waals surface area contributed by atoms with Gasteiger partial charge in [0.2, 0.25) is 0 Å². The number of rotatable bonds is 3. The highest BCUT2D eigenvalue weighted by Crippen LogP contribution is 2.04. The number of aryl methyl sites for hydroxylation is 1. The van der Waals surface area contributed by atoms with E-state index in [0.29, 0.717) is 18.9 Å². The molecule has 0 amide bonds. The van der Waals surface area contributed by atoms with Crippen molar-refractivity contribution in [1.82, 2.24) is 0 Å². The Morgan fingerprint density at radius 3 is 2.46 bits per heavy atom. The second-order valence-electron chi connectivity index (χ2n) is 3.02. The summed E-state index contributed by atoms with van der Waals surface area (Å²) in [7, 11) is 0. The maximum atomic E-state index is 7.46. The van der Waals surface area contributed by atoms with Gasteiger partial charge in [0.05, 0.1) is 6.61 Å². The number of ether oxygens (including phenoxy) is 1. The molecule has 2 nitrogen and oxygen atoms in total. The van der Waals surface area contributed by atoms with Gasteiger partial charge in [-0.25, -0.2) is 0 Å². The van der Waals surface area contributed by atoms with Gasteiger partial charge in [-0.2, -0.15) is 0 Å². The highest BCUT2D eigenvalue weighted by Gasteiger charge is 1.98. The first kappa shape index (κ1) is 9.78. The summed E-state index contributed by atoms with van der Waals surface area (Å²) < 4.78 is 5.06. The van der Waals surface area contributed by atoms with Gasteiger partial charge < -0.3 is 4.74 Å². The molecule has 0 spiro atoms. The highest BCUT2D eigenvalue weighted by atomic mass is 16.5. The minimum Gasteiger partial charge on any atom is -0.481 e. The lowest BCUT2D eigenvalue weighted by molar-refractivity contribution is 0.317. The molecular weight excluding hydrogens is 162 g/mol. The lowest BCUT2D eigenvalue weighted by Crippen LogP contribution is -2.06. The Labute approximate surface area is 79.1 Å². The van der Waals surface area contributed by atoms with Crippen molar-refractivity contribution in [2.75, 3.05) is 6.61 Å². The molecule has 0 unspecified atom stereocenters. The molecule has 1 aromatic rings. The molecule has 0 aliphatic heterocycles. The number of hydrogen-bond donors (Lipinski definition) is 1. The largest absolute Gasteiger partial charge is 0.481 e. The first-order chi connectivity index (χ1) is 6.22. The summed E-state index contributed by atoms with van der Waals surface area (Å²) in [6, 6.07) is 8.16. The van der Waals surface area contributed by atoms with E-state index in [0.717, 1.165) is 5.56 Å². The van der Waals surface area contributed by atoms with E-state index in [9.17, 15) is 0 Å². The van der Waals surface area contributed by atoms with E-state index in [1.807, 2.05) is 19.1 Å². The maximum Gasteiger partial charge on any atom is 0.184 e. The average molecular weight is 177 g/mol. The predicted molar refractivity (Wildman–Crippen MR) is 54.2 cm³/mol. The van der Waals surface area contributed by atoms with Crippen LogP contribution in [0.3, 0.4) is 0 Å². The van der Waals surface area contributed by atoms with Crippen molar-refractivity contribution in [2.45, 2.75) is 20.3 Å². The lowest BCUT2D eigenvalue weighted by Gasteiger charge is -2.04. The zero-order chi connectivity index (χ0) is 9.68. The van der Waals surface area contributed by atoms with Crippen LogP contribution >= 0.6 is 0 Å². The molecule has 0 aliphatic carbocycles. The number of benzene rings is 1. The Kier molecular flexibility index (Phi) is 3.50. The molecular formula is C11H15NO. The van der Waals surface area contributed by atoms with Crippen LogP contribution in [0.25, 0.3) is 0 Å². The van der Waals surface area contributed by atoms with Crippen molar-refractivity contribution < 1.29 is 4.74 Å². The van der Waals surface area contributed by atoms with Gasteiger partial charge in [0.1, 0.15) is 0 Å². The standard InChI is InChI=1S/C11H15NO/c1-3-13-11(12)8-10-6-4-9(2)5-7-10/h4-7,12H,3,8H2,1-2H3. The third-order valence-electron chi connectivity index (χ3n) is 1.80. The van der Waals surface area contributed by atoms with E-state index in [1.54, 1.807) is 0 Å². The monoisotopic (exact) mass is 177 g/mol. The molecule has 0 aliphatic rings. The fourth-order valence-electron chi connectivity index (χ4n) is 1.12. The van der Waals surface area contributed by atoms with Crippen LogP contribution in [0.4, 0.5) is 0 Å². The Hall–Kier alpha value is -1.31. The summed E-state index contributed by atoms with van der Waals surface area (Å²) >= 11 is 0. The molecule has 2 heteroatoms. The van der Waals surface area contributed by atoms with Gasteiger partial charge in [-0.05, 0) is 19.4 Å². The van der Waals surface area contributed by atoms with Gasteiger partial charge in [-0.15, -0.1) is 0 Å². The van der Waals surface area contributed by atoms with Crippen LogP contribution in [0.15, 0.2) is 24.3 Å². The Morgan fingerprint density at radius 1 is 1.31 bits per heavy atom. The van der Waals surface area contributed by atoms with Crippen LogP contribution in [-0.2, 0) is 11.2 Å². The summed E-state index contributed by atoms with van der Waals surface area (Å²) in [6.45, 7) is 4.52. The summed E-state index contributed by atoms with van der Waals surface area (Å²) in [6.07, 6.45) is 0.591. The molecule has 0 saturated heterocycles. The molecule has 1 rings (SSSR count). The molecule has 1 aromatic carbocycles. The van der Waals surface area contributed by atoms with Crippen molar-refractivity contribution in [3.05, 3.63) is 35.4 Å². The van der Waals surface area contributed by atoms with Crippen LogP contribution in [-0.4, -0.2) is 12.5 Å². The molecule has 0 radical (unpaired) electrons. The van der Waals surface area contributed by atoms with Gasteiger partial charge in [0.15, 0.2) is 5.90 Å². The van der Waals surface area contributed by atoms with E-state index in [-0.39, 0.29) is 0 Å². The van der Waals surface area contributed by atoms with Gasteiger partial charge in [0, 0.05) is 6.42 Å². The number of hydrogen-bond acceptors (Lipinski definition) is 2. The predicted octanol–water partition coefficient (Wildman–Crippen LogP) is 2.55. The van der Waals surface area contributed by atoms with E-state index in [4.69, 9.17) is 10.1 Å². The summed E-state index contributed by atoms with van der Waals surface area (Å²) in [4.78, 5) is 0. The fraction of sp³-hybridized carbons (Fsp3) is 0.364. The smallest absolute Gasteiger partial charge is 0.184 e. The van der Waals surface area contributed by atoms with E-state index >= 15 is 0 Å². The quantitative estimate of drug-likeness (QED) is 0.558. The molecule has 0 fully saturated rings. The highest BCUT2D eigenvalue weighted by molar-refractivity contribution is 5.75. The van der Waals surface area contributed by atoms with Crippen molar-refractivity contribution >= 4 is 5.90 Å². The molecule has 1 N–H and O–H groups in total. The minimum absolute atomic E-state index is 0.339. The van der Waals surface area contributed by atoms with Crippen LogP contribution in [0.2, 0.25) is 0 Å². The lowest BCUT2D eigenvalue weighted by atomic mass is 10.1. The zero-order valence-electron chi connectivity index (χ0n) is 8.13. The molecule has 0 saturated carbocycles. The third-order valence-corrected chi connectivity index (χ3v) is 1.80. The Bertz CT molecular complexity index is 277. The van der Waals surface area contributed by atoms with Crippen molar-refractivity contribution in [1.29, 1.82) is 5.41 Å². The number of nitrogens with one attached hydrogen (secondary N) is 1. The fourth-order valence-corrected chi connectivity index (χ4v) is 1.12. The van der Waals surface area contributed by atoms with Crippen LogP contribution < -0.4 is 0 Å². The van der Waals surface area contributed by atoms with Crippen LogP contribution in [0.5, 0.6) is 0 Å². The van der Waals surface area contributed by atoms with Gasteiger partial charge in [0.25, 0.3) is 0 Å². The summed E-state index contributed by atoms with van der Waals surface area (Å²) in [5, 5.41) is 7.46. The second kappa shape index (κ2) is 4.65. The SMILES string of the molecule is CCOC(=N)Cc1ccc(C)cc1.